The Bertz CT molecular complexity index is 569. The molecule has 0 bridgehead atoms. The number of anilines is 1. The van der Waals surface area contributed by atoms with Gasteiger partial charge in [0.05, 0.1) is 12.5 Å². The maximum absolute atomic E-state index is 12.1. The minimum Gasteiger partial charge on any atom is -0.466 e. The van der Waals surface area contributed by atoms with Gasteiger partial charge in [-0.2, -0.15) is 8.78 Å². The molecule has 1 aromatic carbocycles. The van der Waals surface area contributed by atoms with Crippen molar-refractivity contribution in [2.45, 2.75) is 26.4 Å². The Kier molecular flexibility index (Phi) is 6.72. The van der Waals surface area contributed by atoms with Crippen LogP contribution in [0.25, 0.3) is 0 Å². The van der Waals surface area contributed by atoms with Crippen molar-refractivity contribution in [3.8, 4) is 5.75 Å². The summed E-state index contributed by atoms with van der Waals surface area (Å²) >= 11 is 5.37. The molecule has 1 unspecified atom stereocenters. The smallest absolute Gasteiger partial charge is 0.387 e. The van der Waals surface area contributed by atoms with Crippen molar-refractivity contribution in [3.63, 3.8) is 0 Å². The van der Waals surface area contributed by atoms with Gasteiger partial charge in [-0.05, 0) is 56.2 Å². The maximum atomic E-state index is 12.1. The van der Waals surface area contributed by atoms with Crippen LogP contribution >= 0.6 is 12.2 Å². The largest absolute Gasteiger partial charge is 0.466 e. The number of piperidine rings is 1. The third kappa shape index (κ3) is 5.30. The van der Waals surface area contributed by atoms with Gasteiger partial charge in [-0.15, -0.1) is 0 Å². The predicted molar refractivity (Wildman–Crippen MR) is 90.2 cm³/mol. The molecule has 1 atom stereocenters. The summed E-state index contributed by atoms with van der Waals surface area (Å²) < 4.78 is 33.6. The molecular weight excluding hydrogens is 338 g/mol. The van der Waals surface area contributed by atoms with Gasteiger partial charge in [0.25, 0.3) is 0 Å². The number of thiocarbonyl (C=S) groups is 1. The molecule has 0 aliphatic carbocycles. The Hall–Kier alpha value is -1.96. The molecule has 0 spiro atoms. The summed E-state index contributed by atoms with van der Waals surface area (Å²) in [6, 6.07) is 6.09. The number of hydrogen-bond donors (Lipinski definition) is 1. The zero-order valence-corrected chi connectivity index (χ0v) is 14.2. The fraction of sp³-hybridized carbons (Fsp3) is 0.500. The van der Waals surface area contributed by atoms with Crippen molar-refractivity contribution in [1.29, 1.82) is 0 Å². The van der Waals surface area contributed by atoms with Crippen molar-refractivity contribution >= 4 is 29.0 Å². The Labute approximate surface area is 144 Å². The monoisotopic (exact) mass is 358 g/mol. The van der Waals surface area contributed by atoms with Gasteiger partial charge in [0.1, 0.15) is 5.75 Å². The molecule has 1 N–H and O–H groups in total. The third-order valence-electron chi connectivity index (χ3n) is 3.66. The molecule has 0 saturated carbocycles. The van der Waals surface area contributed by atoms with E-state index in [-0.39, 0.29) is 17.6 Å². The topological polar surface area (TPSA) is 50.8 Å². The average Bonchev–Trinajstić information content (AvgIpc) is 2.56. The van der Waals surface area contributed by atoms with E-state index in [0.717, 1.165) is 19.4 Å². The van der Waals surface area contributed by atoms with E-state index in [0.29, 0.717) is 24.0 Å². The average molecular weight is 358 g/mol. The fourth-order valence-corrected chi connectivity index (χ4v) is 2.82. The lowest BCUT2D eigenvalue weighted by atomic mass is 9.98. The Balaban J connectivity index is 1.90. The lowest BCUT2D eigenvalue weighted by Crippen LogP contribution is -2.44. The van der Waals surface area contributed by atoms with E-state index in [1.54, 1.807) is 19.1 Å². The predicted octanol–water partition coefficient (Wildman–Crippen LogP) is 3.26. The molecule has 5 nitrogen and oxygen atoms in total. The van der Waals surface area contributed by atoms with Gasteiger partial charge < -0.3 is 19.7 Å². The van der Waals surface area contributed by atoms with Gasteiger partial charge in [-0.1, -0.05) is 0 Å². The highest BCUT2D eigenvalue weighted by Crippen LogP contribution is 2.21. The van der Waals surface area contributed by atoms with Crippen LogP contribution in [0.2, 0.25) is 0 Å². The third-order valence-corrected chi connectivity index (χ3v) is 4.02. The lowest BCUT2D eigenvalue weighted by Gasteiger charge is -2.33. The van der Waals surface area contributed by atoms with Crippen molar-refractivity contribution in [3.05, 3.63) is 24.3 Å². The highest BCUT2D eigenvalue weighted by atomic mass is 32.1. The van der Waals surface area contributed by atoms with Crippen molar-refractivity contribution < 1.29 is 23.0 Å². The molecule has 1 aliphatic rings. The van der Waals surface area contributed by atoms with E-state index in [9.17, 15) is 13.6 Å². The Morgan fingerprint density at radius 3 is 2.75 bits per heavy atom. The number of carbonyl (C=O) groups excluding carboxylic acids is 1. The second-order valence-corrected chi connectivity index (χ2v) is 5.76. The van der Waals surface area contributed by atoms with Crippen LogP contribution in [0.5, 0.6) is 5.75 Å². The number of ether oxygens (including phenoxy) is 2. The first kappa shape index (κ1) is 18.4. The molecule has 0 aromatic heterocycles. The molecule has 1 fully saturated rings. The van der Waals surface area contributed by atoms with Crippen LogP contribution in [0.4, 0.5) is 14.5 Å². The van der Waals surface area contributed by atoms with Crippen LogP contribution in [-0.2, 0) is 9.53 Å². The maximum Gasteiger partial charge on any atom is 0.387 e. The first-order valence-electron chi connectivity index (χ1n) is 7.77. The Morgan fingerprint density at radius 1 is 1.42 bits per heavy atom. The van der Waals surface area contributed by atoms with Gasteiger partial charge in [-0.25, -0.2) is 0 Å². The van der Waals surface area contributed by atoms with E-state index < -0.39 is 6.61 Å². The SMILES string of the molecule is CCOC(=O)C1CCCN(C(=S)Nc2ccc(OC(F)F)cc2)C1. The summed E-state index contributed by atoms with van der Waals surface area (Å²) in [4.78, 5) is 13.8. The van der Waals surface area contributed by atoms with E-state index in [1.807, 2.05) is 4.90 Å². The number of hydrogen-bond acceptors (Lipinski definition) is 4. The van der Waals surface area contributed by atoms with Crippen LogP contribution in [0.3, 0.4) is 0 Å². The number of alkyl halides is 2. The minimum absolute atomic E-state index is 0.0850. The molecule has 1 heterocycles. The van der Waals surface area contributed by atoms with Crippen LogP contribution in [0, 0.1) is 5.92 Å². The van der Waals surface area contributed by atoms with Gasteiger partial charge in [0, 0.05) is 18.8 Å². The van der Waals surface area contributed by atoms with Crippen LogP contribution in [0.15, 0.2) is 24.3 Å². The normalized spacial score (nSPS) is 17.5. The molecule has 132 valence electrons. The summed E-state index contributed by atoms with van der Waals surface area (Å²) in [5.41, 5.74) is 0.667. The Morgan fingerprint density at radius 2 is 2.12 bits per heavy atom. The number of benzene rings is 1. The second-order valence-electron chi connectivity index (χ2n) is 5.37. The van der Waals surface area contributed by atoms with E-state index >= 15 is 0 Å². The quantitative estimate of drug-likeness (QED) is 0.644. The summed E-state index contributed by atoms with van der Waals surface area (Å²) in [7, 11) is 0. The van der Waals surface area contributed by atoms with Gasteiger partial charge in [0.15, 0.2) is 5.11 Å². The van der Waals surface area contributed by atoms with Crippen molar-refractivity contribution in [2.24, 2.45) is 5.92 Å². The number of likely N-dealkylation sites (tertiary alicyclic amines) is 1. The van der Waals surface area contributed by atoms with E-state index in [1.165, 1.54) is 12.1 Å². The van der Waals surface area contributed by atoms with Crippen LogP contribution in [0.1, 0.15) is 19.8 Å². The van der Waals surface area contributed by atoms with Crippen molar-refractivity contribution in [2.75, 3.05) is 25.0 Å². The first-order valence-corrected chi connectivity index (χ1v) is 8.18. The zero-order chi connectivity index (χ0) is 17.5. The summed E-state index contributed by atoms with van der Waals surface area (Å²) in [5.74, 6) is -0.291. The number of carbonyl (C=O) groups is 1. The number of esters is 1. The van der Waals surface area contributed by atoms with E-state index in [2.05, 4.69) is 10.1 Å². The second kappa shape index (κ2) is 8.77. The van der Waals surface area contributed by atoms with Gasteiger partial charge >= 0.3 is 12.6 Å². The number of nitrogens with one attached hydrogen (secondary N) is 1. The molecule has 24 heavy (non-hydrogen) atoms. The molecule has 1 aromatic rings. The standard InChI is InChI=1S/C16H20F2N2O3S/c1-2-22-14(21)11-4-3-9-20(10-11)16(24)19-12-5-7-13(8-6-12)23-15(17)18/h5-8,11,15H,2-4,9-10H2,1H3,(H,19,24). The molecule has 0 amide bonds. The molecule has 1 aliphatic heterocycles. The van der Waals surface area contributed by atoms with Crippen LogP contribution < -0.4 is 10.1 Å². The lowest BCUT2D eigenvalue weighted by molar-refractivity contribution is -0.149. The summed E-state index contributed by atoms with van der Waals surface area (Å²) in [5, 5.41) is 3.54. The fourth-order valence-electron chi connectivity index (χ4n) is 2.54. The number of halogens is 2. The molecule has 8 heteroatoms. The highest BCUT2D eigenvalue weighted by molar-refractivity contribution is 7.80. The molecule has 1 saturated heterocycles. The molecule has 0 radical (unpaired) electrons. The molecule has 2 rings (SSSR count). The first-order chi connectivity index (χ1) is 11.5. The van der Waals surface area contributed by atoms with Crippen LogP contribution in [-0.4, -0.2) is 42.3 Å². The number of nitrogens with zero attached hydrogens (tertiary/aromatic N) is 1. The van der Waals surface area contributed by atoms with Gasteiger partial charge in [0.2, 0.25) is 0 Å². The van der Waals surface area contributed by atoms with Gasteiger partial charge in [-0.3, -0.25) is 4.79 Å². The zero-order valence-electron chi connectivity index (χ0n) is 13.3. The van der Waals surface area contributed by atoms with E-state index in [4.69, 9.17) is 17.0 Å². The number of rotatable bonds is 5. The molecular formula is C16H20F2N2O3S. The minimum atomic E-state index is -2.85. The van der Waals surface area contributed by atoms with Crippen molar-refractivity contribution in [1.82, 2.24) is 4.90 Å². The summed E-state index contributed by atoms with van der Waals surface area (Å²) in [6.45, 7) is 0.570. The summed E-state index contributed by atoms with van der Waals surface area (Å²) in [6.07, 6.45) is 1.64. The highest BCUT2D eigenvalue weighted by Gasteiger charge is 2.28.